The summed E-state index contributed by atoms with van der Waals surface area (Å²) in [6.07, 6.45) is 0.936. The van der Waals surface area contributed by atoms with Crippen molar-refractivity contribution in [2.24, 2.45) is 5.92 Å². The second-order valence-electron chi connectivity index (χ2n) is 7.51. The van der Waals surface area contributed by atoms with Gasteiger partial charge in [-0.05, 0) is 30.5 Å². The van der Waals surface area contributed by atoms with Gasteiger partial charge >= 0.3 is 0 Å². The number of imide groups is 1. The highest BCUT2D eigenvalue weighted by Gasteiger charge is 2.27. The van der Waals surface area contributed by atoms with Crippen molar-refractivity contribution in [2.45, 2.75) is 18.9 Å². The molecule has 0 aromatic heterocycles. The Morgan fingerprint density at radius 2 is 1.92 bits per heavy atom. The number of amides is 2. The fraction of sp³-hybridized carbons (Fsp3) is 0.579. The molecule has 3 saturated heterocycles. The Kier molecular flexibility index (Phi) is 5.08. The molecule has 3 aliphatic rings. The van der Waals surface area contributed by atoms with Crippen molar-refractivity contribution in [3.05, 3.63) is 24.3 Å². The lowest BCUT2D eigenvalue weighted by atomic mass is 10.0. The Hall–Kier alpha value is -2.12. The van der Waals surface area contributed by atoms with Crippen LogP contribution in [0.4, 0.5) is 11.4 Å². The fourth-order valence-electron chi connectivity index (χ4n) is 3.86. The summed E-state index contributed by atoms with van der Waals surface area (Å²) in [6, 6.07) is 7.90. The van der Waals surface area contributed by atoms with Gasteiger partial charge in [0.2, 0.25) is 11.8 Å². The molecule has 7 heteroatoms. The number of carbonyl (C=O) groups is 2. The Bertz CT molecular complexity index is 668. The lowest BCUT2D eigenvalue weighted by molar-refractivity contribution is -0.133. The van der Waals surface area contributed by atoms with E-state index < -0.39 is 0 Å². The summed E-state index contributed by atoms with van der Waals surface area (Å²) in [6.45, 7) is 7.78. The molecule has 3 fully saturated rings. The van der Waals surface area contributed by atoms with Crippen molar-refractivity contribution in [1.29, 1.82) is 0 Å². The van der Waals surface area contributed by atoms with E-state index in [9.17, 15) is 9.59 Å². The lowest BCUT2D eigenvalue weighted by Gasteiger charge is -2.39. The van der Waals surface area contributed by atoms with Gasteiger partial charge in [0.1, 0.15) is 6.04 Å². The van der Waals surface area contributed by atoms with E-state index in [2.05, 4.69) is 37.9 Å². The van der Waals surface area contributed by atoms with Gasteiger partial charge < -0.3 is 15.5 Å². The highest BCUT2D eigenvalue weighted by atomic mass is 16.2. The maximum absolute atomic E-state index is 11.9. The van der Waals surface area contributed by atoms with E-state index in [0.29, 0.717) is 12.8 Å². The molecule has 7 nitrogen and oxygen atoms in total. The van der Waals surface area contributed by atoms with Crippen LogP contribution < -0.4 is 20.9 Å². The van der Waals surface area contributed by atoms with Gasteiger partial charge in [-0.15, -0.1) is 0 Å². The normalized spacial score (nSPS) is 24.9. The van der Waals surface area contributed by atoms with Crippen molar-refractivity contribution < 1.29 is 9.59 Å². The third-order valence-corrected chi connectivity index (χ3v) is 5.55. The predicted molar refractivity (Wildman–Crippen MR) is 101 cm³/mol. The highest BCUT2D eigenvalue weighted by Crippen LogP contribution is 2.23. The van der Waals surface area contributed by atoms with Gasteiger partial charge in [-0.2, -0.15) is 0 Å². The molecule has 140 valence electrons. The number of hydrogen-bond donors (Lipinski definition) is 3. The summed E-state index contributed by atoms with van der Waals surface area (Å²) in [5, 5.41) is 9.01. The SMILES string of the molecule is O=C1CCC(Nc2cccc(N3CCN(CC4CNC4)CC3)c2)C(=O)N1. The van der Waals surface area contributed by atoms with Gasteiger partial charge in [-0.25, -0.2) is 0 Å². The third kappa shape index (κ3) is 3.99. The zero-order valence-corrected chi connectivity index (χ0v) is 15.0. The second kappa shape index (κ2) is 7.63. The lowest BCUT2D eigenvalue weighted by Crippen LogP contribution is -2.53. The van der Waals surface area contributed by atoms with E-state index in [0.717, 1.165) is 50.9 Å². The molecule has 1 unspecified atom stereocenters. The first-order valence-electron chi connectivity index (χ1n) is 9.56. The highest BCUT2D eigenvalue weighted by molar-refractivity contribution is 6.01. The van der Waals surface area contributed by atoms with Crippen molar-refractivity contribution in [2.75, 3.05) is 56.0 Å². The van der Waals surface area contributed by atoms with E-state index in [1.807, 2.05) is 12.1 Å². The zero-order valence-electron chi connectivity index (χ0n) is 15.0. The van der Waals surface area contributed by atoms with Gasteiger partial charge in [-0.1, -0.05) is 6.07 Å². The quantitative estimate of drug-likeness (QED) is 0.656. The first-order valence-corrected chi connectivity index (χ1v) is 9.56. The molecule has 0 saturated carbocycles. The van der Waals surface area contributed by atoms with E-state index in [4.69, 9.17) is 0 Å². The molecular weight excluding hydrogens is 330 g/mol. The number of piperazine rings is 1. The third-order valence-electron chi connectivity index (χ3n) is 5.55. The van der Waals surface area contributed by atoms with E-state index in [-0.39, 0.29) is 17.9 Å². The van der Waals surface area contributed by atoms with Crippen LogP contribution in [0.3, 0.4) is 0 Å². The maximum atomic E-state index is 11.9. The average molecular weight is 357 g/mol. The monoisotopic (exact) mass is 357 g/mol. The number of carbonyl (C=O) groups excluding carboxylic acids is 2. The van der Waals surface area contributed by atoms with E-state index in [1.165, 1.54) is 12.2 Å². The van der Waals surface area contributed by atoms with Crippen molar-refractivity contribution in [3.63, 3.8) is 0 Å². The molecule has 4 rings (SSSR count). The molecule has 1 aromatic rings. The number of piperidine rings is 1. The summed E-state index contributed by atoms with van der Waals surface area (Å²) in [5.74, 6) is 0.408. The summed E-state index contributed by atoms with van der Waals surface area (Å²) in [7, 11) is 0. The van der Waals surface area contributed by atoms with Gasteiger partial charge in [0.25, 0.3) is 0 Å². The topological polar surface area (TPSA) is 76.7 Å². The minimum absolute atomic E-state index is 0.183. The van der Waals surface area contributed by atoms with Gasteiger partial charge in [0.05, 0.1) is 0 Å². The molecule has 3 aliphatic heterocycles. The summed E-state index contributed by atoms with van der Waals surface area (Å²) >= 11 is 0. The summed E-state index contributed by atoms with van der Waals surface area (Å²) < 4.78 is 0. The average Bonchev–Trinajstić information content (AvgIpc) is 2.61. The van der Waals surface area contributed by atoms with Crippen LogP contribution in [-0.4, -0.2) is 68.6 Å². The van der Waals surface area contributed by atoms with Crippen LogP contribution in [0.1, 0.15) is 12.8 Å². The van der Waals surface area contributed by atoms with Crippen molar-refractivity contribution in [1.82, 2.24) is 15.5 Å². The van der Waals surface area contributed by atoms with Crippen LogP contribution in [0.25, 0.3) is 0 Å². The number of nitrogens with one attached hydrogen (secondary N) is 3. The van der Waals surface area contributed by atoms with Crippen LogP contribution in [0, 0.1) is 5.92 Å². The van der Waals surface area contributed by atoms with Gasteiger partial charge in [0.15, 0.2) is 0 Å². The second-order valence-corrected chi connectivity index (χ2v) is 7.51. The Balaban J connectivity index is 1.32. The first-order chi connectivity index (χ1) is 12.7. The Morgan fingerprint density at radius 1 is 1.12 bits per heavy atom. The number of hydrogen-bond acceptors (Lipinski definition) is 6. The van der Waals surface area contributed by atoms with Gasteiger partial charge in [0, 0.05) is 63.6 Å². The molecule has 3 N–H and O–H groups in total. The van der Waals surface area contributed by atoms with Crippen LogP contribution >= 0.6 is 0 Å². The minimum atomic E-state index is -0.337. The molecule has 0 spiro atoms. The Morgan fingerprint density at radius 3 is 2.62 bits per heavy atom. The zero-order chi connectivity index (χ0) is 17.9. The smallest absolute Gasteiger partial charge is 0.249 e. The standard InChI is InChI=1S/C19H27N5O2/c25-18-5-4-17(19(26)22-18)21-15-2-1-3-16(10-15)24-8-6-23(7-9-24)13-14-11-20-12-14/h1-3,10,14,17,20-21H,4-9,11-13H2,(H,22,25,26). The number of rotatable bonds is 5. The fourth-order valence-corrected chi connectivity index (χ4v) is 3.86. The molecule has 0 aliphatic carbocycles. The Labute approximate surface area is 154 Å². The summed E-state index contributed by atoms with van der Waals surface area (Å²) in [5.41, 5.74) is 2.12. The molecule has 0 bridgehead atoms. The van der Waals surface area contributed by atoms with E-state index in [1.54, 1.807) is 0 Å². The number of nitrogens with zero attached hydrogens (tertiary/aromatic N) is 2. The molecule has 1 atom stereocenters. The number of benzene rings is 1. The molecule has 3 heterocycles. The molecule has 1 aromatic carbocycles. The predicted octanol–water partition coefficient (Wildman–Crippen LogP) is 0.245. The van der Waals surface area contributed by atoms with Crippen LogP contribution in [0.5, 0.6) is 0 Å². The molecular formula is C19H27N5O2. The van der Waals surface area contributed by atoms with Crippen molar-refractivity contribution >= 4 is 23.2 Å². The summed E-state index contributed by atoms with van der Waals surface area (Å²) in [4.78, 5) is 28.2. The molecule has 0 radical (unpaired) electrons. The van der Waals surface area contributed by atoms with E-state index >= 15 is 0 Å². The minimum Gasteiger partial charge on any atom is -0.374 e. The molecule has 2 amide bonds. The molecule has 26 heavy (non-hydrogen) atoms. The largest absolute Gasteiger partial charge is 0.374 e. The maximum Gasteiger partial charge on any atom is 0.249 e. The first kappa shape index (κ1) is 17.3. The van der Waals surface area contributed by atoms with Crippen LogP contribution in [0.2, 0.25) is 0 Å². The van der Waals surface area contributed by atoms with Gasteiger partial charge in [-0.3, -0.25) is 19.8 Å². The van der Waals surface area contributed by atoms with Crippen molar-refractivity contribution in [3.8, 4) is 0 Å². The van der Waals surface area contributed by atoms with Crippen LogP contribution in [0.15, 0.2) is 24.3 Å². The number of anilines is 2. The van der Waals surface area contributed by atoms with Crippen LogP contribution in [-0.2, 0) is 9.59 Å².